The first-order valence-corrected chi connectivity index (χ1v) is 6.21. The Kier molecular flexibility index (Phi) is 3.59. The standard InChI is InChI=1S/C12H14BrN3O/c1-7-3-4-9(5-10(7)13)11-15-12(17-16-11)8(2)6-14/h3-5,8H,6,14H2,1-2H3. The van der Waals surface area contributed by atoms with Crippen molar-refractivity contribution in [1.82, 2.24) is 10.1 Å². The Balaban J connectivity index is 2.33. The normalized spacial score (nSPS) is 12.7. The van der Waals surface area contributed by atoms with Gasteiger partial charge in [-0.15, -0.1) is 0 Å². The summed E-state index contributed by atoms with van der Waals surface area (Å²) in [6.07, 6.45) is 0. The molecule has 2 N–H and O–H groups in total. The molecule has 0 saturated carbocycles. The van der Waals surface area contributed by atoms with Crippen molar-refractivity contribution < 1.29 is 4.52 Å². The van der Waals surface area contributed by atoms with Crippen LogP contribution < -0.4 is 5.73 Å². The van der Waals surface area contributed by atoms with Crippen LogP contribution in [-0.2, 0) is 0 Å². The van der Waals surface area contributed by atoms with Crippen molar-refractivity contribution in [3.63, 3.8) is 0 Å². The lowest BCUT2D eigenvalue weighted by Gasteiger charge is -2.00. The number of hydrogen-bond acceptors (Lipinski definition) is 4. The van der Waals surface area contributed by atoms with E-state index in [1.54, 1.807) is 0 Å². The average molecular weight is 296 g/mol. The predicted octanol–water partition coefficient (Wildman–Crippen LogP) is 2.87. The molecule has 90 valence electrons. The first-order chi connectivity index (χ1) is 8.11. The van der Waals surface area contributed by atoms with Crippen LogP contribution in [0.1, 0.15) is 24.3 Å². The smallest absolute Gasteiger partial charge is 0.231 e. The van der Waals surface area contributed by atoms with E-state index in [1.165, 1.54) is 5.56 Å². The van der Waals surface area contributed by atoms with Crippen LogP contribution in [0.15, 0.2) is 27.2 Å². The summed E-state index contributed by atoms with van der Waals surface area (Å²) < 4.78 is 6.22. The molecule has 1 aromatic carbocycles. The lowest BCUT2D eigenvalue weighted by molar-refractivity contribution is 0.361. The van der Waals surface area contributed by atoms with E-state index in [1.807, 2.05) is 32.0 Å². The Hall–Kier alpha value is -1.20. The SMILES string of the molecule is Cc1ccc(-c2noc(C(C)CN)n2)cc1Br. The van der Waals surface area contributed by atoms with Crippen LogP contribution in [0.4, 0.5) is 0 Å². The van der Waals surface area contributed by atoms with E-state index in [9.17, 15) is 0 Å². The molecular weight excluding hydrogens is 282 g/mol. The second kappa shape index (κ2) is 4.98. The molecule has 0 saturated heterocycles. The summed E-state index contributed by atoms with van der Waals surface area (Å²) >= 11 is 3.49. The van der Waals surface area contributed by atoms with E-state index in [0.717, 1.165) is 10.0 Å². The fraction of sp³-hybridized carbons (Fsp3) is 0.333. The molecule has 1 unspecified atom stereocenters. The monoisotopic (exact) mass is 295 g/mol. The molecule has 0 spiro atoms. The highest BCUT2D eigenvalue weighted by atomic mass is 79.9. The number of rotatable bonds is 3. The van der Waals surface area contributed by atoms with Gasteiger partial charge in [0.2, 0.25) is 11.7 Å². The van der Waals surface area contributed by atoms with Crippen molar-refractivity contribution in [2.45, 2.75) is 19.8 Å². The minimum absolute atomic E-state index is 0.0881. The van der Waals surface area contributed by atoms with Gasteiger partial charge in [0.25, 0.3) is 0 Å². The highest BCUT2D eigenvalue weighted by Gasteiger charge is 2.14. The molecular formula is C12H14BrN3O. The third-order valence-corrected chi connectivity index (χ3v) is 3.50. The second-order valence-corrected chi connectivity index (χ2v) is 4.91. The van der Waals surface area contributed by atoms with Gasteiger partial charge in [-0.3, -0.25) is 0 Å². The van der Waals surface area contributed by atoms with E-state index in [2.05, 4.69) is 26.1 Å². The fourth-order valence-corrected chi connectivity index (χ4v) is 1.76. The maximum Gasteiger partial charge on any atom is 0.231 e. The minimum atomic E-state index is 0.0881. The highest BCUT2D eigenvalue weighted by molar-refractivity contribution is 9.10. The van der Waals surface area contributed by atoms with Gasteiger partial charge in [0.15, 0.2) is 0 Å². The number of halogens is 1. The zero-order valence-electron chi connectivity index (χ0n) is 9.77. The first kappa shape index (κ1) is 12.3. The number of nitrogens with two attached hydrogens (primary N) is 1. The quantitative estimate of drug-likeness (QED) is 0.946. The second-order valence-electron chi connectivity index (χ2n) is 4.06. The van der Waals surface area contributed by atoms with Gasteiger partial charge in [-0.2, -0.15) is 4.98 Å². The summed E-state index contributed by atoms with van der Waals surface area (Å²) in [5.41, 5.74) is 7.67. The molecule has 0 radical (unpaired) electrons. The first-order valence-electron chi connectivity index (χ1n) is 5.42. The zero-order chi connectivity index (χ0) is 12.4. The van der Waals surface area contributed by atoms with Crippen molar-refractivity contribution in [2.75, 3.05) is 6.54 Å². The average Bonchev–Trinajstić information content (AvgIpc) is 2.81. The molecule has 0 aliphatic rings. The van der Waals surface area contributed by atoms with E-state index < -0.39 is 0 Å². The van der Waals surface area contributed by atoms with Crippen LogP contribution in [0, 0.1) is 6.92 Å². The molecule has 0 aliphatic heterocycles. The topological polar surface area (TPSA) is 64.9 Å². The van der Waals surface area contributed by atoms with Crippen LogP contribution in [0.25, 0.3) is 11.4 Å². The van der Waals surface area contributed by atoms with Crippen molar-refractivity contribution >= 4 is 15.9 Å². The lowest BCUT2D eigenvalue weighted by Crippen LogP contribution is -2.08. The minimum Gasteiger partial charge on any atom is -0.339 e. The number of benzene rings is 1. The molecule has 1 atom stereocenters. The van der Waals surface area contributed by atoms with Gasteiger partial charge in [-0.05, 0) is 18.6 Å². The van der Waals surface area contributed by atoms with Gasteiger partial charge in [0.05, 0.1) is 0 Å². The Morgan fingerprint density at radius 1 is 1.47 bits per heavy atom. The molecule has 2 aromatic rings. The van der Waals surface area contributed by atoms with Crippen molar-refractivity contribution in [2.24, 2.45) is 5.73 Å². The van der Waals surface area contributed by atoms with E-state index >= 15 is 0 Å². The molecule has 2 rings (SSSR count). The molecule has 1 heterocycles. The number of hydrogen-bond donors (Lipinski definition) is 1. The molecule has 0 aliphatic carbocycles. The summed E-state index contributed by atoms with van der Waals surface area (Å²) in [6, 6.07) is 5.97. The Bertz CT molecular complexity index is 524. The van der Waals surface area contributed by atoms with Crippen molar-refractivity contribution in [3.05, 3.63) is 34.1 Å². The predicted molar refractivity (Wildman–Crippen MR) is 69.6 cm³/mol. The third kappa shape index (κ3) is 2.56. The summed E-state index contributed by atoms with van der Waals surface area (Å²) in [6.45, 7) is 4.49. The largest absolute Gasteiger partial charge is 0.339 e. The van der Waals surface area contributed by atoms with E-state index in [-0.39, 0.29) is 5.92 Å². The molecule has 4 nitrogen and oxygen atoms in total. The highest BCUT2D eigenvalue weighted by Crippen LogP contribution is 2.24. The van der Waals surface area contributed by atoms with Gasteiger partial charge in [0.1, 0.15) is 0 Å². The van der Waals surface area contributed by atoms with E-state index in [4.69, 9.17) is 10.3 Å². The van der Waals surface area contributed by atoms with Gasteiger partial charge in [0, 0.05) is 22.5 Å². The Labute approximate surface area is 108 Å². The lowest BCUT2D eigenvalue weighted by atomic mass is 10.1. The molecule has 0 amide bonds. The van der Waals surface area contributed by atoms with E-state index in [0.29, 0.717) is 18.3 Å². The molecule has 17 heavy (non-hydrogen) atoms. The Morgan fingerprint density at radius 2 is 2.24 bits per heavy atom. The maximum absolute atomic E-state index is 5.56. The van der Waals surface area contributed by atoms with Crippen LogP contribution in [0.5, 0.6) is 0 Å². The zero-order valence-corrected chi connectivity index (χ0v) is 11.4. The summed E-state index contributed by atoms with van der Waals surface area (Å²) in [5.74, 6) is 1.27. The molecule has 0 bridgehead atoms. The van der Waals surface area contributed by atoms with Crippen molar-refractivity contribution in [1.29, 1.82) is 0 Å². The van der Waals surface area contributed by atoms with Crippen LogP contribution in [0.3, 0.4) is 0 Å². The van der Waals surface area contributed by atoms with Gasteiger partial charge in [-0.1, -0.05) is 40.1 Å². The maximum atomic E-state index is 5.56. The number of nitrogens with zero attached hydrogens (tertiary/aromatic N) is 2. The number of aryl methyl sites for hydroxylation is 1. The van der Waals surface area contributed by atoms with Crippen LogP contribution >= 0.6 is 15.9 Å². The van der Waals surface area contributed by atoms with Crippen LogP contribution in [0.2, 0.25) is 0 Å². The number of aromatic nitrogens is 2. The molecule has 1 aromatic heterocycles. The summed E-state index contributed by atoms with van der Waals surface area (Å²) in [7, 11) is 0. The third-order valence-electron chi connectivity index (χ3n) is 2.65. The Morgan fingerprint density at radius 3 is 2.88 bits per heavy atom. The summed E-state index contributed by atoms with van der Waals surface area (Å²) in [5, 5.41) is 3.96. The molecule has 5 heteroatoms. The molecule has 0 fully saturated rings. The van der Waals surface area contributed by atoms with Gasteiger partial charge in [-0.25, -0.2) is 0 Å². The van der Waals surface area contributed by atoms with Crippen LogP contribution in [-0.4, -0.2) is 16.7 Å². The summed E-state index contributed by atoms with van der Waals surface area (Å²) in [4.78, 5) is 4.34. The van der Waals surface area contributed by atoms with Gasteiger partial charge < -0.3 is 10.3 Å². The fourth-order valence-electron chi connectivity index (χ4n) is 1.39. The van der Waals surface area contributed by atoms with Gasteiger partial charge >= 0.3 is 0 Å². The van der Waals surface area contributed by atoms with Crippen molar-refractivity contribution in [3.8, 4) is 11.4 Å².